The lowest BCUT2D eigenvalue weighted by molar-refractivity contribution is -0.139. The topological polar surface area (TPSA) is 96.3 Å². The van der Waals surface area contributed by atoms with E-state index in [1.165, 1.54) is 17.0 Å². The molecule has 0 saturated carbocycles. The number of benzene rings is 2. The fraction of sp³-hybridized carbons (Fsp3) is 0.150. The molecule has 2 aromatic rings. The Bertz CT molecular complexity index is 1000. The van der Waals surface area contributed by atoms with Crippen molar-refractivity contribution in [2.24, 2.45) is 0 Å². The number of aliphatic carboxylic acids is 1. The third-order valence-corrected chi connectivity index (χ3v) is 5.10. The second kappa shape index (κ2) is 8.97. The maximum absolute atomic E-state index is 12.8. The van der Waals surface area contributed by atoms with Crippen LogP contribution in [0.3, 0.4) is 0 Å². The summed E-state index contributed by atoms with van der Waals surface area (Å²) in [6.07, 6.45) is 1.67. The minimum Gasteiger partial charge on any atom is -0.508 e. The van der Waals surface area contributed by atoms with Crippen LogP contribution in [0.5, 0.6) is 17.2 Å². The van der Waals surface area contributed by atoms with Crippen LogP contribution in [0.4, 0.5) is 5.69 Å². The van der Waals surface area contributed by atoms with Gasteiger partial charge in [-0.15, -0.1) is 0 Å². The number of thioether (sulfide) groups is 1. The van der Waals surface area contributed by atoms with Gasteiger partial charge in [0, 0.05) is 6.07 Å². The summed E-state index contributed by atoms with van der Waals surface area (Å²) in [6, 6.07) is 11.3. The molecular formula is C20H17NO6S2. The van der Waals surface area contributed by atoms with Crippen LogP contribution in [0.15, 0.2) is 47.4 Å². The van der Waals surface area contributed by atoms with Gasteiger partial charge in [0.2, 0.25) is 0 Å². The van der Waals surface area contributed by atoms with Crippen LogP contribution in [0.25, 0.3) is 6.08 Å². The van der Waals surface area contributed by atoms with Crippen molar-refractivity contribution in [2.45, 2.75) is 6.92 Å². The maximum atomic E-state index is 12.8. The number of nitrogens with zero attached hydrogens (tertiary/aromatic N) is 1. The van der Waals surface area contributed by atoms with Crippen LogP contribution in [0.1, 0.15) is 12.5 Å². The zero-order valence-electron chi connectivity index (χ0n) is 15.3. The highest BCUT2D eigenvalue weighted by molar-refractivity contribution is 8.27. The van der Waals surface area contributed by atoms with Gasteiger partial charge in [0.1, 0.15) is 5.75 Å². The minimum absolute atomic E-state index is 0.0406. The molecule has 0 spiro atoms. The quantitative estimate of drug-likeness (QED) is 0.507. The van der Waals surface area contributed by atoms with Gasteiger partial charge in [0.15, 0.2) is 22.4 Å². The van der Waals surface area contributed by atoms with E-state index in [1.54, 1.807) is 43.3 Å². The van der Waals surface area contributed by atoms with Gasteiger partial charge in [-0.2, -0.15) is 0 Å². The first-order valence-corrected chi connectivity index (χ1v) is 9.80. The van der Waals surface area contributed by atoms with E-state index in [-0.39, 0.29) is 11.7 Å². The molecule has 0 unspecified atom stereocenters. The Kier molecular flexibility index (Phi) is 6.40. The number of hydrogen-bond donors (Lipinski definition) is 2. The van der Waals surface area contributed by atoms with Crippen LogP contribution in [0, 0.1) is 0 Å². The van der Waals surface area contributed by atoms with Gasteiger partial charge in [-0.1, -0.05) is 36.1 Å². The van der Waals surface area contributed by atoms with Crippen molar-refractivity contribution in [2.75, 3.05) is 18.1 Å². The lowest BCUT2D eigenvalue weighted by Crippen LogP contribution is -2.27. The molecule has 1 saturated heterocycles. The molecule has 29 heavy (non-hydrogen) atoms. The van der Waals surface area contributed by atoms with E-state index >= 15 is 0 Å². The molecule has 1 heterocycles. The smallest absolute Gasteiger partial charge is 0.341 e. The Balaban J connectivity index is 1.87. The average Bonchev–Trinajstić information content (AvgIpc) is 2.94. The number of rotatable bonds is 7. The fourth-order valence-corrected chi connectivity index (χ4v) is 3.91. The van der Waals surface area contributed by atoms with Crippen LogP contribution in [-0.2, 0) is 9.59 Å². The number of phenolic OH excluding ortho intramolecular Hbond substituents is 1. The number of aromatic hydroxyl groups is 1. The molecule has 0 bridgehead atoms. The molecule has 1 amide bonds. The van der Waals surface area contributed by atoms with Crippen molar-refractivity contribution in [3.63, 3.8) is 0 Å². The Morgan fingerprint density at radius 3 is 2.69 bits per heavy atom. The van der Waals surface area contributed by atoms with Gasteiger partial charge < -0.3 is 19.7 Å². The number of thiocarbonyl (C=S) groups is 1. The zero-order valence-corrected chi connectivity index (χ0v) is 17.0. The Hall–Kier alpha value is -3.04. The lowest BCUT2D eigenvalue weighted by atomic mass is 10.1. The molecule has 1 fully saturated rings. The van der Waals surface area contributed by atoms with Crippen molar-refractivity contribution in [3.05, 3.63) is 52.9 Å². The second-order valence-corrected chi connectivity index (χ2v) is 7.53. The van der Waals surface area contributed by atoms with Crippen LogP contribution in [-0.4, -0.2) is 39.6 Å². The van der Waals surface area contributed by atoms with E-state index in [1.807, 2.05) is 0 Å². The van der Waals surface area contributed by atoms with Crippen molar-refractivity contribution < 1.29 is 29.3 Å². The summed E-state index contributed by atoms with van der Waals surface area (Å²) in [5.74, 6) is -0.662. The number of carboxylic acid groups (broad SMARTS) is 1. The average molecular weight is 431 g/mol. The third-order valence-electron chi connectivity index (χ3n) is 3.80. The number of carboxylic acids is 1. The summed E-state index contributed by atoms with van der Waals surface area (Å²) in [7, 11) is 0. The summed E-state index contributed by atoms with van der Waals surface area (Å²) in [5, 5.41) is 18.4. The molecule has 0 aromatic heterocycles. The number of anilines is 1. The number of ether oxygens (including phenoxy) is 2. The molecule has 0 radical (unpaired) electrons. The number of phenols is 1. The molecule has 0 atom stereocenters. The minimum atomic E-state index is -1.09. The number of carbonyl (C=O) groups is 2. The van der Waals surface area contributed by atoms with Gasteiger partial charge in [0.25, 0.3) is 5.91 Å². The normalized spacial score (nSPS) is 15.1. The standard InChI is InChI=1S/C20H17NO6S2/c1-2-26-16-8-12(6-7-15(16)27-11-18(23)24)9-17-19(25)21(20(28)29-17)13-4-3-5-14(22)10-13/h3-10,22H,2,11H2,1H3,(H,23,24)/b17-9+. The van der Waals surface area contributed by atoms with Crippen LogP contribution in [0.2, 0.25) is 0 Å². The number of carbonyl (C=O) groups excluding carboxylic acids is 1. The molecular weight excluding hydrogens is 414 g/mol. The first-order valence-electron chi connectivity index (χ1n) is 8.57. The molecule has 2 N–H and O–H groups in total. The van der Waals surface area contributed by atoms with E-state index < -0.39 is 12.6 Å². The summed E-state index contributed by atoms with van der Waals surface area (Å²) < 4.78 is 11.1. The molecule has 9 heteroatoms. The first-order chi connectivity index (χ1) is 13.9. The van der Waals surface area contributed by atoms with Crippen molar-refractivity contribution in [3.8, 4) is 17.2 Å². The maximum Gasteiger partial charge on any atom is 0.341 e. The highest BCUT2D eigenvalue weighted by Crippen LogP contribution is 2.38. The molecule has 1 aliphatic rings. The van der Waals surface area contributed by atoms with Gasteiger partial charge >= 0.3 is 5.97 Å². The van der Waals surface area contributed by atoms with Crippen molar-refractivity contribution in [1.82, 2.24) is 0 Å². The van der Waals surface area contributed by atoms with Crippen molar-refractivity contribution in [1.29, 1.82) is 0 Å². The summed E-state index contributed by atoms with van der Waals surface area (Å²) >= 11 is 6.48. The Morgan fingerprint density at radius 1 is 1.21 bits per heavy atom. The molecule has 2 aromatic carbocycles. The van der Waals surface area contributed by atoms with Gasteiger partial charge in [0.05, 0.1) is 17.2 Å². The van der Waals surface area contributed by atoms with E-state index in [0.29, 0.717) is 38.6 Å². The second-order valence-electron chi connectivity index (χ2n) is 5.86. The lowest BCUT2D eigenvalue weighted by Gasteiger charge is -2.14. The molecule has 0 aliphatic carbocycles. The highest BCUT2D eigenvalue weighted by Gasteiger charge is 2.33. The van der Waals surface area contributed by atoms with Crippen LogP contribution < -0.4 is 14.4 Å². The number of amides is 1. The van der Waals surface area contributed by atoms with Crippen LogP contribution >= 0.6 is 24.0 Å². The summed E-state index contributed by atoms with van der Waals surface area (Å²) in [5.41, 5.74) is 1.16. The fourth-order valence-electron chi connectivity index (χ4n) is 2.62. The Labute approximate surface area is 176 Å². The molecule has 1 aliphatic heterocycles. The van der Waals surface area contributed by atoms with Gasteiger partial charge in [-0.3, -0.25) is 9.69 Å². The largest absolute Gasteiger partial charge is 0.508 e. The van der Waals surface area contributed by atoms with E-state index in [2.05, 4.69) is 0 Å². The Morgan fingerprint density at radius 2 is 2.00 bits per heavy atom. The molecule has 7 nitrogen and oxygen atoms in total. The summed E-state index contributed by atoms with van der Waals surface area (Å²) in [6.45, 7) is 1.68. The zero-order chi connectivity index (χ0) is 21.0. The SMILES string of the molecule is CCOc1cc(/C=C2/SC(=S)N(c3cccc(O)c3)C2=O)ccc1OCC(=O)O. The van der Waals surface area contributed by atoms with E-state index in [4.69, 9.17) is 26.8 Å². The summed E-state index contributed by atoms with van der Waals surface area (Å²) in [4.78, 5) is 25.3. The van der Waals surface area contributed by atoms with E-state index in [9.17, 15) is 14.7 Å². The first kappa shape index (κ1) is 20.7. The van der Waals surface area contributed by atoms with Gasteiger partial charge in [-0.25, -0.2) is 4.79 Å². The van der Waals surface area contributed by atoms with E-state index in [0.717, 1.165) is 11.8 Å². The predicted molar refractivity (Wildman–Crippen MR) is 115 cm³/mol. The van der Waals surface area contributed by atoms with Crippen molar-refractivity contribution >= 4 is 51.9 Å². The molecule has 150 valence electrons. The molecule has 3 rings (SSSR count). The number of hydrogen-bond acceptors (Lipinski definition) is 7. The monoisotopic (exact) mass is 431 g/mol. The third kappa shape index (κ3) is 4.87. The van der Waals surface area contributed by atoms with Gasteiger partial charge in [-0.05, 0) is 42.8 Å². The highest BCUT2D eigenvalue weighted by atomic mass is 32.2. The predicted octanol–water partition coefficient (Wildman–Crippen LogP) is 3.66.